The smallest absolute Gasteiger partial charge is 0.143 e. The van der Waals surface area contributed by atoms with Crippen molar-refractivity contribution in [3.8, 4) is 11.1 Å². The van der Waals surface area contributed by atoms with E-state index in [0.29, 0.717) is 0 Å². The van der Waals surface area contributed by atoms with Gasteiger partial charge in [-0.1, -0.05) is 109 Å². The monoisotopic (exact) mass is 567 g/mol. The SMILES string of the molecule is c1ccc(N(c2ccc3sc4ccccc4c3c2)c2cccc3ccccc23)c(-c2cccc3c2oc2ccccc23)c1. The van der Waals surface area contributed by atoms with Crippen molar-refractivity contribution in [1.29, 1.82) is 0 Å². The van der Waals surface area contributed by atoms with Crippen LogP contribution in [0, 0.1) is 0 Å². The van der Waals surface area contributed by atoms with Gasteiger partial charge in [0.05, 0.1) is 11.4 Å². The highest BCUT2D eigenvalue weighted by atomic mass is 32.1. The van der Waals surface area contributed by atoms with Crippen molar-refractivity contribution < 1.29 is 4.42 Å². The highest BCUT2D eigenvalue weighted by molar-refractivity contribution is 7.25. The quantitative estimate of drug-likeness (QED) is 0.210. The second-order valence-corrected chi connectivity index (χ2v) is 12.0. The first kappa shape index (κ1) is 24.2. The first-order valence-electron chi connectivity index (χ1n) is 14.5. The standard InChI is InChI=1S/C40H25NOS/c1-2-13-28-26(11-1)12-9-20-35(28)41(27-23-24-39-34(25-27)31-16-5-8-22-38(31)43-39)36-19-6-3-14-29(36)32-17-10-18-33-30-15-4-7-21-37(30)42-40(32)33/h1-25H. The summed E-state index contributed by atoms with van der Waals surface area (Å²) >= 11 is 1.85. The average molecular weight is 568 g/mol. The molecule has 0 N–H and O–H groups in total. The summed E-state index contributed by atoms with van der Waals surface area (Å²) < 4.78 is 9.14. The van der Waals surface area contributed by atoms with E-state index in [9.17, 15) is 0 Å². The van der Waals surface area contributed by atoms with Crippen LogP contribution < -0.4 is 4.90 Å². The number of hydrogen-bond acceptors (Lipinski definition) is 3. The van der Waals surface area contributed by atoms with Gasteiger partial charge in [-0.2, -0.15) is 0 Å². The Balaban J connectivity index is 1.35. The Kier molecular flexibility index (Phi) is 5.40. The van der Waals surface area contributed by atoms with E-state index in [1.54, 1.807) is 0 Å². The predicted molar refractivity (Wildman–Crippen MR) is 184 cm³/mol. The van der Waals surface area contributed by atoms with Crippen molar-refractivity contribution in [1.82, 2.24) is 0 Å². The molecule has 0 radical (unpaired) electrons. The molecule has 0 aliphatic heterocycles. The average Bonchev–Trinajstić information content (AvgIpc) is 3.64. The molecule has 2 heterocycles. The van der Waals surface area contributed by atoms with E-state index in [1.165, 1.54) is 30.9 Å². The van der Waals surface area contributed by atoms with Crippen molar-refractivity contribution in [2.24, 2.45) is 0 Å². The maximum Gasteiger partial charge on any atom is 0.143 e. The molecule has 2 aromatic heterocycles. The fourth-order valence-electron chi connectivity index (χ4n) is 6.52. The first-order valence-corrected chi connectivity index (χ1v) is 15.3. The van der Waals surface area contributed by atoms with E-state index in [0.717, 1.165) is 50.1 Å². The molecule has 0 aliphatic rings. The summed E-state index contributed by atoms with van der Waals surface area (Å²) in [6.07, 6.45) is 0. The van der Waals surface area contributed by atoms with Gasteiger partial charge in [0.1, 0.15) is 11.2 Å². The molecule has 202 valence electrons. The number of para-hydroxylation sites is 3. The zero-order valence-electron chi connectivity index (χ0n) is 23.2. The zero-order valence-corrected chi connectivity index (χ0v) is 24.0. The van der Waals surface area contributed by atoms with Crippen LogP contribution in [0.2, 0.25) is 0 Å². The van der Waals surface area contributed by atoms with E-state index < -0.39 is 0 Å². The van der Waals surface area contributed by atoms with Gasteiger partial charge in [0.25, 0.3) is 0 Å². The van der Waals surface area contributed by atoms with Gasteiger partial charge in [-0.05, 0) is 47.9 Å². The van der Waals surface area contributed by atoms with Crippen LogP contribution in [0.1, 0.15) is 0 Å². The summed E-state index contributed by atoms with van der Waals surface area (Å²) in [6.45, 7) is 0. The number of furan rings is 1. The van der Waals surface area contributed by atoms with Crippen LogP contribution in [0.5, 0.6) is 0 Å². The van der Waals surface area contributed by atoms with Crippen LogP contribution in [-0.2, 0) is 0 Å². The Morgan fingerprint density at radius 1 is 0.442 bits per heavy atom. The van der Waals surface area contributed by atoms with Crippen LogP contribution in [0.15, 0.2) is 156 Å². The predicted octanol–water partition coefficient (Wildman–Crippen LogP) is 12.2. The Bertz CT molecular complexity index is 2480. The van der Waals surface area contributed by atoms with Crippen molar-refractivity contribution in [2.45, 2.75) is 0 Å². The minimum Gasteiger partial charge on any atom is -0.455 e. The number of benzene rings is 7. The molecule has 7 aromatic carbocycles. The molecule has 0 amide bonds. The fourth-order valence-corrected chi connectivity index (χ4v) is 7.61. The molecule has 0 saturated carbocycles. The molecule has 0 spiro atoms. The summed E-state index contributed by atoms with van der Waals surface area (Å²) in [5.74, 6) is 0. The van der Waals surface area contributed by atoms with E-state index in [2.05, 4.69) is 144 Å². The third kappa shape index (κ3) is 3.79. The Hall–Kier alpha value is -5.38. The van der Waals surface area contributed by atoms with Crippen LogP contribution >= 0.6 is 11.3 Å². The third-order valence-electron chi connectivity index (χ3n) is 8.47. The van der Waals surface area contributed by atoms with Crippen LogP contribution in [-0.4, -0.2) is 0 Å². The maximum absolute atomic E-state index is 6.53. The van der Waals surface area contributed by atoms with Crippen LogP contribution in [0.25, 0.3) is 64.0 Å². The molecule has 43 heavy (non-hydrogen) atoms. The summed E-state index contributed by atoms with van der Waals surface area (Å²) in [4.78, 5) is 2.42. The van der Waals surface area contributed by atoms with Gasteiger partial charge < -0.3 is 9.32 Å². The highest BCUT2D eigenvalue weighted by Crippen LogP contribution is 2.47. The van der Waals surface area contributed by atoms with Gasteiger partial charge in [0.15, 0.2) is 0 Å². The van der Waals surface area contributed by atoms with Gasteiger partial charge in [-0.15, -0.1) is 11.3 Å². The third-order valence-corrected chi connectivity index (χ3v) is 9.62. The lowest BCUT2D eigenvalue weighted by Gasteiger charge is -2.29. The van der Waals surface area contributed by atoms with Crippen LogP contribution in [0.4, 0.5) is 17.1 Å². The Morgan fingerprint density at radius 3 is 2.05 bits per heavy atom. The highest BCUT2D eigenvalue weighted by Gasteiger charge is 2.22. The maximum atomic E-state index is 6.53. The van der Waals surface area contributed by atoms with Gasteiger partial charge in [0.2, 0.25) is 0 Å². The van der Waals surface area contributed by atoms with E-state index >= 15 is 0 Å². The Labute approximate surface area is 252 Å². The van der Waals surface area contributed by atoms with Crippen molar-refractivity contribution in [2.75, 3.05) is 4.90 Å². The summed E-state index contributed by atoms with van der Waals surface area (Å²) in [5.41, 5.74) is 7.38. The molecule has 0 aliphatic carbocycles. The number of thiophene rings is 1. The summed E-state index contributed by atoms with van der Waals surface area (Å²) in [5, 5.41) is 7.26. The Morgan fingerprint density at radius 2 is 1.09 bits per heavy atom. The first-order chi connectivity index (χ1) is 21.3. The normalized spacial score (nSPS) is 11.7. The lowest BCUT2D eigenvalue weighted by molar-refractivity contribution is 0.670. The van der Waals surface area contributed by atoms with E-state index in [1.807, 2.05) is 23.5 Å². The second kappa shape index (κ2) is 9.59. The number of rotatable bonds is 4. The van der Waals surface area contributed by atoms with Crippen LogP contribution in [0.3, 0.4) is 0 Å². The topological polar surface area (TPSA) is 16.4 Å². The fraction of sp³-hybridized carbons (Fsp3) is 0. The molecule has 0 saturated heterocycles. The van der Waals surface area contributed by atoms with Gasteiger partial charge in [0, 0.05) is 53.1 Å². The number of hydrogen-bond donors (Lipinski definition) is 0. The molecule has 0 fully saturated rings. The molecule has 3 heteroatoms. The number of nitrogens with zero attached hydrogens (tertiary/aromatic N) is 1. The van der Waals surface area contributed by atoms with Crippen molar-refractivity contribution in [3.63, 3.8) is 0 Å². The van der Waals surface area contributed by atoms with E-state index in [-0.39, 0.29) is 0 Å². The molecule has 9 rings (SSSR count). The lowest BCUT2D eigenvalue weighted by atomic mass is 9.98. The lowest BCUT2D eigenvalue weighted by Crippen LogP contribution is -2.11. The minimum atomic E-state index is 0.906. The largest absolute Gasteiger partial charge is 0.455 e. The molecule has 9 aromatic rings. The zero-order chi connectivity index (χ0) is 28.3. The molecular weight excluding hydrogens is 543 g/mol. The number of fused-ring (bicyclic) bond motifs is 7. The summed E-state index contributed by atoms with van der Waals surface area (Å²) in [6, 6.07) is 54.3. The molecule has 0 atom stereocenters. The van der Waals surface area contributed by atoms with E-state index in [4.69, 9.17) is 4.42 Å². The molecule has 2 nitrogen and oxygen atoms in total. The van der Waals surface area contributed by atoms with Crippen molar-refractivity contribution >= 4 is 81.3 Å². The molecule has 0 bridgehead atoms. The van der Waals surface area contributed by atoms with Gasteiger partial charge in [-0.25, -0.2) is 0 Å². The molecular formula is C40H25NOS. The second-order valence-electron chi connectivity index (χ2n) is 10.9. The van der Waals surface area contributed by atoms with Gasteiger partial charge in [-0.3, -0.25) is 0 Å². The number of anilines is 3. The van der Waals surface area contributed by atoms with Gasteiger partial charge >= 0.3 is 0 Å². The van der Waals surface area contributed by atoms with Crippen molar-refractivity contribution in [3.05, 3.63) is 152 Å². The minimum absolute atomic E-state index is 0.906. The summed E-state index contributed by atoms with van der Waals surface area (Å²) in [7, 11) is 0. The molecule has 0 unspecified atom stereocenters.